The van der Waals surface area contributed by atoms with E-state index in [4.69, 9.17) is 0 Å². The van der Waals surface area contributed by atoms with Crippen LogP contribution in [0.25, 0.3) is 0 Å². The highest BCUT2D eigenvalue weighted by Crippen LogP contribution is 2.37. The Kier molecular flexibility index (Phi) is 8.04. The van der Waals surface area contributed by atoms with Gasteiger partial charge in [-0.1, -0.05) is 56.3 Å². The van der Waals surface area contributed by atoms with Crippen molar-refractivity contribution in [3.8, 4) is 0 Å². The maximum absolute atomic E-state index is 13.6. The summed E-state index contributed by atoms with van der Waals surface area (Å²) in [7, 11) is 0. The zero-order valence-corrected chi connectivity index (χ0v) is 20.8. The van der Waals surface area contributed by atoms with E-state index in [1.165, 1.54) is 4.90 Å². The lowest BCUT2D eigenvalue weighted by Crippen LogP contribution is -2.55. The first-order valence-corrected chi connectivity index (χ1v) is 13.0. The molecule has 4 rings (SSSR count). The minimum Gasteiger partial charge on any atom is -0.353 e. The highest BCUT2D eigenvalue weighted by molar-refractivity contribution is 6.08. The first-order chi connectivity index (χ1) is 16.8. The van der Waals surface area contributed by atoms with Gasteiger partial charge >= 0.3 is 0 Å². The van der Waals surface area contributed by atoms with E-state index in [2.05, 4.69) is 5.32 Å². The highest BCUT2D eigenvalue weighted by atomic mass is 16.2. The summed E-state index contributed by atoms with van der Waals surface area (Å²) in [6.07, 6.45) is 8.05. The fourth-order valence-electron chi connectivity index (χ4n) is 5.55. The molecule has 7 heteroatoms. The number of imide groups is 1. The van der Waals surface area contributed by atoms with Gasteiger partial charge < -0.3 is 10.2 Å². The minimum absolute atomic E-state index is 0.0285. The lowest BCUT2D eigenvalue weighted by molar-refractivity contribution is -0.153. The average Bonchev–Trinajstić information content (AvgIpc) is 3.12. The van der Waals surface area contributed by atoms with Crippen molar-refractivity contribution in [1.29, 1.82) is 0 Å². The maximum atomic E-state index is 13.6. The van der Waals surface area contributed by atoms with E-state index >= 15 is 0 Å². The van der Waals surface area contributed by atoms with Crippen molar-refractivity contribution in [2.75, 3.05) is 13.1 Å². The van der Waals surface area contributed by atoms with E-state index in [9.17, 15) is 19.2 Å². The van der Waals surface area contributed by atoms with Crippen molar-refractivity contribution in [3.63, 3.8) is 0 Å². The molecule has 0 bridgehead atoms. The van der Waals surface area contributed by atoms with E-state index in [1.54, 1.807) is 4.90 Å². The highest BCUT2D eigenvalue weighted by Gasteiger charge is 2.51. The largest absolute Gasteiger partial charge is 0.353 e. The van der Waals surface area contributed by atoms with Gasteiger partial charge in [0.2, 0.25) is 23.6 Å². The fraction of sp³-hybridized carbons (Fsp3) is 0.571. The number of amides is 4. The maximum Gasteiger partial charge on any atom is 0.245 e. The molecule has 188 valence electrons. The molecule has 1 aliphatic carbocycles. The van der Waals surface area contributed by atoms with Crippen molar-refractivity contribution in [2.24, 2.45) is 17.8 Å². The van der Waals surface area contributed by atoms with E-state index in [0.29, 0.717) is 58.0 Å². The summed E-state index contributed by atoms with van der Waals surface area (Å²) < 4.78 is 0. The predicted molar refractivity (Wildman–Crippen MR) is 133 cm³/mol. The molecule has 4 amide bonds. The van der Waals surface area contributed by atoms with E-state index in [1.807, 2.05) is 56.3 Å². The Morgan fingerprint density at radius 3 is 2.14 bits per heavy atom. The number of nitrogens with one attached hydrogen (secondary N) is 1. The van der Waals surface area contributed by atoms with Crippen LogP contribution in [0.2, 0.25) is 0 Å². The van der Waals surface area contributed by atoms with Crippen LogP contribution in [0.4, 0.5) is 0 Å². The summed E-state index contributed by atoms with van der Waals surface area (Å²) in [6, 6.07) is 9.25. The molecule has 1 aromatic carbocycles. The first-order valence-electron chi connectivity index (χ1n) is 13.0. The Hall–Kier alpha value is -2.96. The molecule has 0 aromatic heterocycles. The molecule has 2 fully saturated rings. The predicted octanol–water partition coefficient (Wildman–Crippen LogP) is 3.09. The van der Waals surface area contributed by atoms with Crippen LogP contribution in [-0.4, -0.2) is 58.6 Å². The van der Waals surface area contributed by atoms with Gasteiger partial charge in [0.15, 0.2) is 0 Å². The molecule has 3 unspecified atom stereocenters. The standard InChI is InChI=1S/C28H37N3O4/c1-19(2)18-24(31-26(33)22-10-6-7-11-23(22)27(31)34)28(35)30-16-14-21(15-17-30)29-25(32)13-12-20-8-4-3-5-9-20/h3-9,19,21-24H,10-18H2,1-2H3,(H,29,32). The number of hydrogen-bond donors (Lipinski definition) is 1. The summed E-state index contributed by atoms with van der Waals surface area (Å²) in [6.45, 7) is 5.05. The van der Waals surface area contributed by atoms with Crippen LogP contribution in [-0.2, 0) is 25.6 Å². The second kappa shape index (κ2) is 11.2. The van der Waals surface area contributed by atoms with Gasteiger partial charge in [-0.15, -0.1) is 0 Å². The molecule has 2 saturated heterocycles. The molecule has 0 spiro atoms. The lowest BCUT2D eigenvalue weighted by atomic mass is 9.85. The number of carbonyl (C=O) groups excluding carboxylic acids is 4. The number of piperidine rings is 1. The number of allylic oxidation sites excluding steroid dienone is 2. The topological polar surface area (TPSA) is 86.8 Å². The van der Waals surface area contributed by atoms with Gasteiger partial charge in [0, 0.05) is 25.6 Å². The molecule has 3 atom stereocenters. The van der Waals surface area contributed by atoms with Gasteiger partial charge in [0.1, 0.15) is 6.04 Å². The van der Waals surface area contributed by atoms with Gasteiger partial charge in [-0.2, -0.15) is 0 Å². The first kappa shape index (κ1) is 25.1. The quantitative estimate of drug-likeness (QED) is 0.459. The van der Waals surface area contributed by atoms with Crippen LogP contribution in [0.5, 0.6) is 0 Å². The molecule has 2 aliphatic heterocycles. The summed E-state index contributed by atoms with van der Waals surface area (Å²) in [5, 5.41) is 3.11. The number of carbonyl (C=O) groups is 4. The third-order valence-corrected chi connectivity index (χ3v) is 7.49. The van der Waals surface area contributed by atoms with Crippen LogP contribution < -0.4 is 5.32 Å². The van der Waals surface area contributed by atoms with Gasteiger partial charge in [-0.3, -0.25) is 24.1 Å². The normalized spacial score (nSPS) is 23.5. The van der Waals surface area contributed by atoms with E-state index in [0.717, 1.165) is 5.56 Å². The van der Waals surface area contributed by atoms with Crippen LogP contribution in [0.1, 0.15) is 57.9 Å². The van der Waals surface area contributed by atoms with Crippen LogP contribution in [0, 0.1) is 17.8 Å². The van der Waals surface area contributed by atoms with Crippen LogP contribution in [0.3, 0.4) is 0 Å². The van der Waals surface area contributed by atoms with Crippen molar-refractivity contribution in [1.82, 2.24) is 15.1 Å². The zero-order chi connectivity index (χ0) is 24.9. The number of likely N-dealkylation sites (tertiary alicyclic amines) is 2. The third kappa shape index (κ3) is 5.82. The van der Waals surface area contributed by atoms with Crippen molar-refractivity contribution < 1.29 is 19.2 Å². The number of rotatable bonds is 8. The Balaban J connectivity index is 1.32. The second-order valence-electron chi connectivity index (χ2n) is 10.5. The smallest absolute Gasteiger partial charge is 0.245 e. The SMILES string of the molecule is CC(C)CC(C(=O)N1CCC(NC(=O)CCc2ccccc2)CC1)N1C(=O)C2CC=CCC2C1=O. The van der Waals surface area contributed by atoms with E-state index in [-0.39, 0.29) is 47.4 Å². The van der Waals surface area contributed by atoms with Gasteiger partial charge in [-0.05, 0) is 50.0 Å². The Morgan fingerprint density at radius 1 is 0.971 bits per heavy atom. The Labute approximate surface area is 207 Å². The molecule has 7 nitrogen and oxygen atoms in total. The minimum atomic E-state index is -0.738. The lowest BCUT2D eigenvalue weighted by Gasteiger charge is -2.37. The fourth-order valence-corrected chi connectivity index (χ4v) is 5.55. The number of nitrogens with zero attached hydrogens (tertiary/aromatic N) is 2. The van der Waals surface area contributed by atoms with Crippen LogP contribution >= 0.6 is 0 Å². The number of hydrogen-bond acceptors (Lipinski definition) is 4. The molecule has 1 N–H and O–H groups in total. The van der Waals surface area contributed by atoms with Crippen molar-refractivity contribution in [3.05, 3.63) is 48.0 Å². The summed E-state index contributed by atoms with van der Waals surface area (Å²) in [5.74, 6) is -0.972. The Morgan fingerprint density at radius 2 is 1.57 bits per heavy atom. The van der Waals surface area contributed by atoms with Crippen LogP contribution in [0.15, 0.2) is 42.5 Å². The monoisotopic (exact) mass is 479 g/mol. The summed E-state index contributed by atoms with van der Waals surface area (Å²) in [5.41, 5.74) is 1.14. The zero-order valence-electron chi connectivity index (χ0n) is 20.8. The Bertz CT molecular complexity index is 940. The average molecular weight is 480 g/mol. The van der Waals surface area contributed by atoms with Gasteiger partial charge in [0.25, 0.3) is 0 Å². The number of benzene rings is 1. The molecule has 1 aromatic rings. The number of aryl methyl sites for hydroxylation is 1. The summed E-state index contributed by atoms with van der Waals surface area (Å²) in [4.78, 5) is 55.4. The van der Waals surface area contributed by atoms with E-state index < -0.39 is 6.04 Å². The second-order valence-corrected chi connectivity index (χ2v) is 10.5. The molecule has 0 saturated carbocycles. The van der Waals surface area contributed by atoms with Gasteiger partial charge in [0.05, 0.1) is 11.8 Å². The molecule has 3 aliphatic rings. The van der Waals surface area contributed by atoms with Gasteiger partial charge in [-0.25, -0.2) is 0 Å². The molecular weight excluding hydrogens is 442 g/mol. The molecule has 0 radical (unpaired) electrons. The molecule has 2 heterocycles. The third-order valence-electron chi connectivity index (χ3n) is 7.49. The summed E-state index contributed by atoms with van der Waals surface area (Å²) >= 11 is 0. The molecule has 35 heavy (non-hydrogen) atoms. The number of fused-ring (bicyclic) bond motifs is 1. The van der Waals surface area contributed by atoms with Crippen molar-refractivity contribution in [2.45, 2.75) is 70.9 Å². The van der Waals surface area contributed by atoms with Crippen molar-refractivity contribution >= 4 is 23.6 Å². The molecular formula is C28H37N3O4.